The van der Waals surface area contributed by atoms with E-state index in [4.69, 9.17) is 4.42 Å². The number of furan rings is 1. The number of rotatable bonds is 3. The molecule has 0 atom stereocenters. The zero-order valence-corrected chi connectivity index (χ0v) is 12.1. The maximum Gasteiger partial charge on any atom is 0.319 e. The second-order valence-corrected chi connectivity index (χ2v) is 6.69. The molecule has 114 valence electrons. The summed E-state index contributed by atoms with van der Waals surface area (Å²) in [5.74, 6) is -1.42. The van der Waals surface area contributed by atoms with Gasteiger partial charge in [-0.3, -0.25) is 9.59 Å². The van der Waals surface area contributed by atoms with Crippen molar-refractivity contribution in [2.45, 2.75) is 32.1 Å². The number of aliphatic carboxylic acids is 1. The largest absolute Gasteiger partial charge is 0.480 e. The van der Waals surface area contributed by atoms with Gasteiger partial charge in [0.2, 0.25) is 5.91 Å². The highest BCUT2D eigenvalue weighted by atomic mass is 16.4. The SMILES string of the molecule is O=C(O)C1(C(=O)Nc2cccc3occc23)CC2(CCC2)C1. The van der Waals surface area contributed by atoms with Gasteiger partial charge >= 0.3 is 5.97 Å². The van der Waals surface area contributed by atoms with Crippen LogP contribution in [0.3, 0.4) is 0 Å². The van der Waals surface area contributed by atoms with Gasteiger partial charge in [-0.15, -0.1) is 0 Å². The van der Waals surface area contributed by atoms with E-state index in [1.165, 1.54) is 0 Å². The van der Waals surface area contributed by atoms with E-state index in [1.807, 2.05) is 6.07 Å². The van der Waals surface area contributed by atoms with Gasteiger partial charge in [0.1, 0.15) is 11.0 Å². The average Bonchev–Trinajstić information content (AvgIpc) is 2.84. The number of carboxylic acids is 1. The monoisotopic (exact) mass is 299 g/mol. The highest BCUT2D eigenvalue weighted by molar-refractivity contribution is 6.12. The van der Waals surface area contributed by atoms with E-state index in [1.54, 1.807) is 24.5 Å². The summed E-state index contributed by atoms with van der Waals surface area (Å²) in [7, 11) is 0. The van der Waals surface area contributed by atoms with Crippen LogP contribution in [0.15, 0.2) is 34.9 Å². The summed E-state index contributed by atoms with van der Waals surface area (Å²) in [5.41, 5.74) is 0.113. The molecule has 2 aromatic rings. The number of fused-ring (bicyclic) bond motifs is 1. The number of amides is 1. The van der Waals surface area contributed by atoms with Crippen molar-refractivity contribution in [2.24, 2.45) is 10.8 Å². The fourth-order valence-corrected chi connectivity index (χ4v) is 4.01. The highest BCUT2D eigenvalue weighted by Crippen LogP contribution is 2.64. The quantitative estimate of drug-likeness (QED) is 0.851. The number of anilines is 1. The minimum Gasteiger partial charge on any atom is -0.480 e. The predicted octanol–water partition coefficient (Wildman–Crippen LogP) is 3.41. The molecule has 2 N–H and O–H groups in total. The third-order valence-electron chi connectivity index (χ3n) is 5.36. The molecule has 1 amide bonds. The Morgan fingerprint density at radius 3 is 2.59 bits per heavy atom. The summed E-state index contributed by atoms with van der Waals surface area (Å²) in [4.78, 5) is 24.3. The van der Waals surface area contributed by atoms with Crippen molar-refractivity contribution in [1.82, 2.24) is 0 Å². The van der Waals surface area contributed by atoms with Crippen LogP contribution in [0.5, 0.6) is 0 Å². The van der Waals surface area contributed by atoms with Crippen molar-refractivity contribution in [3.8, 4) is 0 Å². The van der Waals surface area contributed by atoms with E-state index < -0.39 is 17.3 Å². The highest BCUT2D eigenvalue weighted by Gasteiger charge is 2.65. The summed E-state index contributed by atoms with van der Waals surface area (Å²) < 4.78 is 5.31. The number of hydrogen-bond acceptors (Lipinski definition) is 3. The zero-order chi connectivity index (χ0) is 15.4. The van der Waals surface area contributed by atoms with Crippen LogP contribution < -0.4 is 5.32 Å². The van der Waals surface area contributed by atoms with Crippen molar-refractivity contribution in [1.29, 1.82) is 0 Å². The summed E-state index contributed by atoms with van der Waals surface area (Å²) in [6.45, 7) is 0. The number of hydrogen-bond donors (Lipinski definition) is 2. The fraction of sp³-hybridized carbons (Fsp3) is 0.412. The van der Waals surface area contributed by atoms with Crippen molar-refractivity contribution in [2.75, 3.05) is 5.32 Å². The Hall–Kier alpha value is -2.30. The van der Waals surface area contributed by atoms with Gasteiger partial charge in [0.05, 0.1) is 12.0 Å². The standard InChI is InChI=1S/C17H17NO4/c19-14(17(15(20)21)9-16(10-17)6-2-7-16)18-12-3-1-4-13-11(12)5-8-22-13/h1,3-5,8H,2,6-7,9-10H2,(H,18,19)(H,20,21). The maximum atomic E-state index is 12.6. The first-order chi connectivity index (χ1) is 10.5. The lowest BCUT2D eigenvalue weighted by Crippen LogP contribution is -2.59. The Morgan fingerprint density at radius 1 is 1.18 bits per heavy atom. The summed E-state index contributed by atoms with van der Waals surface area (Å²) >= 11 is 0. The van der Waals surface area contributed by atoms with E-state index in [9.17, 15) is 14.7 Å². The van der Waals surface area contributed by atoms with E-state index in [2.05, 4.69) is 5.32 Å². The van der Waals surface area contributed by atoms with Gasteiger partial charge in [-0.25, -0.2) is 0 Å². The lowest BCUT2D eigenvalue weighted by atomic mass is 9.45. The van der Waals surface area contributed by atoms with Gasteiger partial charge in [0, 0.05) is 5.39 Å². The molecule has 2 saturated carbocycles. The number of nitrogens with one attached hydrogen (secondary N) is 1. The van der Waals surface area contributed by atoms with E-state index >= 15 is 0 Å². The number of carbonyl (C=O) groups is 2. The Labute approximate surface area is 127 Å². The normalized spacial score (nSPS) is 21.1. The van der Waals surface area contributed by atoms with Crippen molar-refractivity contribution in [3.63, 3.8) is 0 Å². The third kappa shape index (κ3) is 1.71. The van der Waals surface area contributed by atoms with E-state index in [0.717, 1.165) is 24.6 Å². The van der Waals surface area contributed by atoms with Crippen molar-refractivity contribution in [3.05, 3.63) is 30.5 Å². The molecule has 5 heteroatoms. The molecule has 1 aromatic carbocycles. The summed E-state index contributed by atoms with van der Waals surface area (Å²) in [5, 5.41) is 13.2. The van der Waals surface area contributed by atoms with Crippen LogP contribution in [0.1, 0.15) is 32.1 Å². The summed E-state index contributed by atoms with van der Waals surface area (Å²) in [6.07, 6.45) is 5.72. The molecule has 22 heavy (non-hydrogen) atoms. The molecule has 1 aromatic heterocycles. The molecule has 0 saturated heterocycles. The second kappa shape index (κ2) is 4.35. The van der Waals surface area contributed by atoms with Crippen LogP contribution in [0.4, 0.5) is 5.69 Å². The fourth-order valence-electron chi connectivity index (χ4n) is 4.01. The topological polar surface area (TPSA) is 79.5 Å². The Morgan fingerprint density at radius 2 is 1.95 bits per heavy atom. The van der Waals surface area contributed by atoms with Crippen molar-refractivity contribution >= 4 is 28.5 Å². The Balaban J connectivity index is 1.61. The van der Waals surface area contributed by atoms with Crippen molar-refractivity contribution < 1.29 is 19.1 Å². The molecular weight excluding hydrogens is 282 g/mol. The Bertz CT molecular complexity index is 764. The first-order valence-electron chi connectivity index (χ1n) is 7.56. The minimum atomic E-state index is -1.27. The zero-order valence-electron chi connectivity index (χ0n) is 12.1. The molecule has 1 heterocycles. The first-order valence-corrected chi connectivity index (χ1v) is 7.56. The second-order valence-electron chi connectivity index (χ2n) is 6.69. The predicted molar refractivity (Wildman–Crippen MR) is 80.4 cm³/mol. The van der Waals surface area contributed by atoms with Gasteiger partial charge in [0.25, 0.3) is 0 Å². The van der Waals surface area contributed by atoms with Crippen LogP contribution in [-0.2, 0) is 9.59 Å². The maximum absolute atomic E-state index is 12.6. The van der Waals surface area contributed by atoms with E-state index in [0.29, 0.717) is 24.1 Å². The third-order valence-corrected chi connectivity index (χ3v) is 5.36. The van der Waals surface area contributed by atoms with Gasteiger partial charge in [-0.1, -0.05) is 12.5 Å². The molecule has 1 spiro atoms. The van der Waals surface area contributed by atoms with Crippen LogP contribution in [0, 0.1) is 10.8 Å². The van der Waals surface area contributed by atoms with Gasteiger partial charge in [0.15, 0.2) is 0 Å². The Kier molecular flexibility index (Phi) is 2.64. The average molecular weight is 299 g/mol. The van der Waals surface area contributed by atoms with Crippen LogP contribution >= 0.6 is 0 Å². The molecule has 0 bridgehead atoms. The molecule has 2 aliphatic carbocycles. The number of carbonyl (C=O) groups excluding carboxylic acids is 1. The molecule has 0 radical (unpaired) electrons. The molecule has 2 fully saturated rings. The lowest BCUT2D eigenvalue weighted by Gasteiger charge is -2.58. The van der Waals surface area contributed by atoms with E-state index in [-0.39, 0.29) is 5.41 Å². The van der Waals surface area contributed by atoms with Gasteiger partial charge in [-0.2, -0.15) is 0 Å². The number of carboxylic acid groups (broad SMARTS) is 1. The van der Waals surface area contributed by atoms with Crippen LogP contribution in [0.25, 0.3) is 11.0 Å². The summed E-state index contributed by atoms with van der Waals surface area (Å²) in [6, 6.07) is 7.13. The van der Waals surface area contributed by atoms with Crippen LogP contribution in [0.2, 0.25) is 0 Å². The molecular formula is C17H17NO4. The molecule has 5 nitrogen and oxygen atoms in total. The lowest BCUT2D eigenvalue weighted by molar-refractivity contribution is -0.178. The molecule has 4 rings (SSSR count). The van der Waals surface area contributed by atoms with Crippen LogP contribution in [-0.4, -0.2) is 17.0 Å². The smallest absolute Gasteiger partial charge is 0.319 e. The molecule has 0 aliphatic heterocycles. The number of benzene rings is 1. The molecule has 2 aliphatic rings. The molecule has 0 unspecified atom stereocenters. The minimum absolute atomic E-state index is 0.109. The van der Waals surface area contributed by atoms with Gasteiger partial charge < -0.3 is 14.8 Å². The van der Waals surface area contributed by atoms with Gasteiger partial charge in [-0.05, 0) is 49.3 Å². The first kappa shape index (κ1) is 13.4.